The molecule has 0 unspecified atom stereocenters. The van der Waals surface area contributed by atoms with Crippen molar-refractivity contribution in [3.63, 3.8) is 0 Å². The average molecular weight is 436 g/mol. The van der Waals surface area contributed by atoms with Crippen LogP contribution in [0, 0.1) is 0 Å². The van der Waals surface area contributed by atoms with Crippen LogP contribution in [0.5, 0.6) is 0 Å². The van der Waals surface area contributed by atoms with E-state index in [4.69, 9.17) is 14.7 Å². The first kappa shape index (κ1) is 19.3. The predicted molar refractivity (Wildman–Crippen MR) is 121 cm³/mol. The van der Waals surface area contributed by atoms with E-state index in [1.165, 1.54) is 0 Å². The third-order valence-electron chi connectivity index (χ3n) is 6.51. The van der Waals surface area contributed by atoms with E-state index in [-0.39, 0.29) is 11.6 Å². The number of alkyl halides is 1. The van der Waals surface area contributed by atoms with Crippen LogP contribution in [0.1, 0.15) is 18.4 Å². The van der Waals surface area contributed by atoms with E-state index in [2.05, 4.69) is 32.5 Å². The molecule has 1 saturated carbocycles. The van der Waals surface area contributed by atoms with Crippen molar-refractivity contribution in [2.24, 2.45) is 0 Å². The van der Waals surface area contributed by atoms with Gasteiger partial charge in [-0.1, -0.05) is 12.6 Å². The van der Waals surface area contributed by atoms with Crippen LogP contribution < -0.4 is 20.9 Å². The molecule has 3 aromatic heterocycles. The molecule has 5 heterocycles. The van der Waals surface area contributed by atoms with E-state index >= 15 is 0 Å². The van der Waals surface area contributed by atoms with Crippen LogP contribution in [-0.2, 0) is 4.74 Å². The predicted octanol–water partition coefficient (Wildman–Crippen LogP) is 2.56. The Labute approximate surface area is 184 Å². The first-order valence-electron chi connectivity index (χ1n) is 10.8. The van der Waals surface area contributed by atoms with Crippen LogP contribution in [0.2, 0.25) is 0 Å². The highest BCUT2D eigenvalue weighted by Gasteiger charge is 2.51. The van der Waals surface area contributed by atoms with E-state index in [1.54, 1.807) is 10.7 Å². The average Bonchev–Trinajstić information content (AvgIpc) is 3.24. The maximum atomic E-state index is 13.3. The molecule has 0 aromatic carbocycles. The zero-order valence-corrected chi connectivity index (χ0v) is 17.8. The van der Waals surface area contributed by atoms with Crippen LogP contribution in [-0.4, -0.2) is 64.1 Å². The molecule has 1 aliphatic carbocycles. The molecule has 6 rings (SSSR count). The lowest BCUT2D eigenvalue weighted by Gasteiger charge is -2.58. The lowest BCUT2D eigenvalue weighted by molar-refractivity contribution is -0.0851. The van der Waals surface area contributed by atoms with Crippen molar-refractivity contribution in [3.05, 3.63) is 42.6 Å². The maximum Gasteiger partial charge on any atom is 0.168 e. The fraction of sp³-hybridized carbons (Fsp3) is 0.409. The molecule has 3 fully saturated rings. The number of anilines is 4. The SMILES string of the molecule is C=C(N[C@H]1C[C@H]1F)c1cnn2c(NC)cc(Nc3cccc(N4CCC45COC5)n3)nc12. The lowest BCUT2D eigenvalue weighted by atomic mass is 9.83. The molecule has 3 aromatic rings. The second-order valence-electron chi connectivity index (χ2n) is 8.68. The molecule has 2 aliphatic heterocycles. The minimum absolute atomic E-state index is 0.127. The Morgan fingerprint density at radius 3 is 2.78 bits per heavy atom. The van der Waals surface area contributed by atoms with Gasteiger partial charge in [0.15, 0.2) is 5.65 Å². The minimum Gasteiger partial charge on any atom is -0.379 e. The van der Waals surface area contributed by atoms with E-state index in [1.807, 2.05) is 31.3 Å². The van der Waals surface area contributed by atoms with Crippen molar-refractivity contribution in [2.45, 2.75) is 30.6 Å². The third-order valence-corrected chi connectivity index (χ3v) is 6.51. The largest absolute Gasteiger partial charge is 0.379 e. The third kappa shape index (κ3) is 3.05. The quantitative estimate of drug-likeness (QED) is 0.521. The Morgan fingerprint density at radius 2 is 2.12 bits per heavy atom. The molecule has 0 amide bonds. The molecule has 3 N–H and O–H groups in total. The van der Waals surface area contributed by atoms with Gasteiger partial charge in [0.05, 0.1) is 36.6 Å². The van der Waals surface area contributed by atoms with Gasteiger partial charge in [-0.05, 0) is 18.6 Å². The highest BCUT2D eigenvalue weighted by molar-refractivity contribution is 5.76. The number of fused-ring (bicyclic) bond motifs is 1. The number of pyridine rings is 1. The second kappa shape index (κ2) is 7.06. The molecule has 0 bridgehead atoms. The van der Waals surface area contributed by atoms with Crippen molar-refractivity contribution in [1.29, 1.82) is 0 Å². The van der Waals surface area contributed by atoms with Gasteiger partial charge >= 0.3 is 0 Å². The summed E-state index contributed by atoms with van der Waals surface area (Å²) in [4.78, 5) is 11.9. The molecule has 10 heteroatoms. The number of aromatic nitrogens is 4. The zero-order valence-electron chi connectivity index (χ0n) is 17.8. The minimum atomic E-state index is -0.818. The summed E-state index contributed by atoms with van der Waals surface area (Å²) in [5.41, 5.74) is 2.10. The van der Waals surface area contributed by atoms with Gasteiger partial charge in [-0.25, -0.2) is 14.4 Å². The highest BCUT2D eigenvalue weighted by atomic mass is 19.1. The molecule has 3 aliphatic rings. The van der Waals surface area contributed by atoms with Crippen LogP contribution in [0.25, 0.3) is 11.3 Å². The van der Waals surface area contributed by atoms with E-state index in [0.29, 0.717) is 29.4 Å². The Hall–Kier alpha value is -3.40. The zero-order chi connectivity index (χ0) is 21.9. The monoisotopic (exact) mass is 436 g/mol. The molecule has 1 spiro atoms. The van der Waals surface area contributed by atoms with E-state index in [9.17, 15) is 4.39 Å². The molecular formula is C22H25FN8O. The summed E-state index contributed by atoms with van der Waals surface area (Å²) in [7, 11) is 1.83. The number of nitrogens with zero attached hydrogens (tertiary/aromatic N) is 5. The number of hydrogen-bond acceptors (Lipinski definition) is 8. The molecule has 0 radical (unpaired) electrons. The maximum absolute atomic E-state index is 13.3. The lowest BCUT2D eigenvalue weighted by Crippen LogP contribution is -2.71. The molecular weight excluding hydrogens is 411 g/mol. The number of ether oxygens (including phenoxy) is 1. The Morgan fingerprint density at radius 1 is 1.28 bits per heavy atom. The van der Waals surface area contributed by atoms with E-state index < -0.39 is 6.17 Å². The van der Waals surface area contributed by atoms with Gasteiger partial charge in [0.1, 0.15) is 29.4 Å². The smallest absolute Gasteiger partial charge is 0.168 e. The summed E-state index contributed by atoms with van der Waals surface area (Å²) in [6, 6.07) is 7.63. The number of hydrogen-bond donors (Lipinski definition) is 3. The van der Waals surface area contributed by atoms with Gasteiger partial charge in [0, 0.05) is 31.8 Å². The standard InChI is InChI=1S/C22H25FN8O/c1-13(26-16-8-15(16)23)14-10-25-31-20(24-2)9-18(29-21(14)31)27-17-4-3-5-19(28-17)30-7-6-22(30)11-32-12-22/h3-5,9-10,15-16,24,26H,1,6-8,11-12H2,2H3,(H,27,28,29)/t15-,16+/m1/s1. The number of rotatable bonds is 7. The van der Waals surface area contributed by atoms with Gasteiger partial charge in [0.2, 0.25) is 0 Å². The van der Waals surface area contributed by atoms with Crippen molar-refractivity contribution < 1.29 is 9.13 Å². The van der Waals surface area contributed by atoms with E-state index in [0.717, 1.165) is 43.4 Å². The summed E-state index contributed by atoms with van der Waals surface area (Å²) in [5.74, 6) is 3.03. The molecule has 32 heavy (non-hydrogen) atoms. The number of nitrogens with one attached hydrogen (secondary N) is 3. The van der Waals surface area contributed by atoms with Crippen molar-refractivity contribution in [2.75, 3.05) is 42.3 Å². The Kier molecular flexibility index (Phi) is 4.26. The molecule has 2 saturated heterocycles. The number of halogens is 1. The van der Waals surface area contributed by atoms with Crippen LogP contribution in [0.15, 0.2) is 37.0 Å². The second-order valence-corrected chi connectivity index (χ2v) is 8.68. The molecule has 2 atom stereocenters. The molecule has 166 valence electrons. The van der Waals surface area contributed by atoms with Gasteiger partial charge in [-0.15, -0.1) is 0 Å². The fourth-order valence-corrected chi connectivity index (χ4v) is 4.34. The first-order valence-corrected chi connectivity index (χ1v) is 10.8. The topological polar surface area (TPSA) is 91.6 Å². The van der Waals surface area contributed by atoms with Crippen molar-refractivity contribution >= 4 is 34.6 Å². The highest BCUT2D eigenvalue weighted by Crippen LogP contribution is 2.40. The first-order chi connectivity index (χ1) is 15.6. The summed E-state index contributed by atoms with van der Waals surface area (Å²) in [6.07, 6.45) is 2.53. The van der Waals surface area contributed by atoms with Crippen molar-refractivity contribution in [1.82, 2.24) is 24.9 Å². The summed E-state index contributed by atoms with van der Waals surface area (Å²) in [5, 5.41) is 14.0. The van der Waals surface area contributed by atoms with Gasteiger partial charge in [-0.3, -0.25) is 0 Å². The van der Waals surface area contributed by atoms with Crippen LogP contribution >= 0.6 is 0 Å². The molecule has 9 nitrogen and oxygen atoms in total. The summed E-state index contributed by atoms with van der Waals surface area (Å²) >= 11 is 0. The Bertz CT molecular complexity index is 1200. The van der Waals surface area contributed by atoms with Gasteiger partial charge in [0.25, 0.3) is 0 Å². The summed E-state index contributed by atoms with van der Waals surface area (Å²) in [6.45, 7) is 6.59. The fourth-order valence-electron chi connectivity index (χ4n) is 4.34. The summed E-state index contributed by atoms with van der Waals surface area (Å²) < 4.78 is 20.5. The van der Waals surface area contributed by atoms with Crippen LogP contribution in [0.4, 0.5) is 27.7 Å². The Balaban J connectivity index is 1.29. The van der Waals surface area contributed by atoms with Gasteiger partial charge in [-0.2, -0.15) is 9.61 Å². The van der Waals surface area contributed by atoms with Crippen LogP contribution in [0.3, 0.4) is 0 Å². The van der Waals surface area contributed by atoms with Gasteiger partial charge < -0.3 is 25.6 Å². The van der Waals surface area contributed by atoms with Crippen molar-refractivity contribution in [3.8, 4) is 0 Å². The normalized spacial score (nSPS) is 22.9.